The van der Waals surface area contributed by atoms with Crippen molar-refractivity contribution in [3.63, 3.8) is 0 Å². The molecular formula is C16H10BrN7OS. The lowest BCUT2D eigenvalue weighted by atomic mass is 9.94. The van der Waals surface area contributed by atoms with Crippen molar-refractivity contribution in [3.05, 3.63) is 67.7 Å². The van der Waals surface area contributed by atoms with Gasteiger partial charge in [-0.25, -0.2) is 5.10 Å². The van der Waals surface area contributed by atoms with Crippen LogP contribution in [0.15, 0.2) is 51.0 Å². The number of aromatic nitrogens is 6. The lowest BCUT2D eigenvalue weighted by Crippen LogP contribution is -2.29. The monoisotopic (exact) mass is 427 g/mol. The number of aromatic amines is 1. The van der Waals surface area contributed by atoms with Crippen molar-refractivity contribution >= 4 is 38.9 Å². The van der Waals surface area contributed by atoms with Crippen LogP contribution in [0.25, 0.3) is 10.6 Å². The van der Waals surface area contributed by atoms with Crippen LogP contribution in [-0.4, -0.2) is 30.4 Å². The zero-order chi connectivity index (χ0) is 17.7. The van der Waals surface area contributed by atoms with Crippen molar-refractivity contribution in [2.45, 2.75) is 6.04 Å². The molecule has 1 aromatic carbocycles. The molecule has 1 atom stereocenters. The fraction of sp³-hybridized carbons (Fsp3) is 0.0625. The standard InChI is InChI=1S/C16H10BrN7OS/c17-9-4-1-3-8(7-9)14-11-12(10-5-2-6-26-10)19-20-15(25)13(11)18-16-21-22-23-24(14)16/h1-7,14H,(H,20,25)(H,18,21,23)/t14-/m0/s1. The van der Waals surface area contributed by atoms with E-state index in [4.69, 9.17) is 0 Å². The summed E-state index contributed by atoms with van der Waals surface area (Å²) >= 11 is 5.07. The molecule has 0 spiro atoms. The summed E-state index contributed by atoms with van der Waals surface area (Å²) in [5.74, 6) is 0.413. The van der Waals surface area contributed by atoms with Crippen LogP contribution in [0.4, 0.5) is 11.6 Å². The molecule has 10 heteroatoms. The molecule has 0 saturated heterocycles. The quantitative estimate of drug-likeness (QED) is 0.449. The second-order valence-electron chi connectivity index (χ2n) is 5.70. The zero-order valence-corrected chi connectivity index (χ0v) is 15.5. The molecule has 128 valence electrons. The van der Waals surface area contributed by atoms with E-state index in [1.165, 1.54) is 0 Å². The number of fused-ring (bicyclic) bond motifs is 2. The number of nitrogens with one attached hydrogen (secondary N) is 2. The van der Waals surface area contributed by atoms with E-state index < -0.39 is 0 Å². The SMILES string of the molecule is O=c1[nH]nc(-c2cccs2)c2c1Nc1nnnn1[C@H]2c1cccc(Br)c1. The molecule has 0 aliphatic carbocycles. The van der Waals surface area contributed by atoms with E-state index in [-0.39, 0.29) is 11.6 Å². The van der Waals surface area contributed by atoms with Gasteiger partial charge in [0.1, 0.15) is 17.4 Å². The van der Waals surface area contributed by atoms with Gasteiger partial charge < -0.3 is 5.32 Å². The van der Waals surface area contributed by atoms with E-state index in [0.29, 0.717) is 17.3 Å². The van der Waals surface area contributed by atoms with E-state index >= 15 is 0 Å². The summed E-state index contributed by atoms with van der Waals surface area (Å²) in [5, 5.41) is 23.8. The number of thiophene rings is 1. The van der Waals surface area contributed by atoms with Gasteiger partial charge in [-0.1, -0.05) is 39.2 Å². The molecule has 4 aromatic rings. The maximum absolute atomic E-state index is 12.5. The number of anilines is 2. The topological polar surface area (TPSA) is 101 Å². The summed E-state index contributed by atoms with van der Waals surface area (Å²) in [5.41, 5.74) is 2.49. The van der Waals surface area contributed by atoms with E-state index in [2.05, 4.69) is 47.0 Å². The number of hydrogen-bond donors (Lipinski definition) is 2. The molecule has 0 unspecified atom stereocenters. The van der Waals surface area contributed by atoms with Gasteiger partial charge in [-0.05, 0) is 39.6 Å². The Labute approximate surface area is 159 Å². The Kier molecular flexibility index (Phi) is 3.47. The molecule has 0 bridgehead atoms. The molecule has 5 rings (SSSR count). The summed E-state index contributed by atoms with van der Waals surface area (Å²) in [7, 11) is 0. The van der Waals surface area contributed by atoms with Gasteiger partial charge in [-0.2, -0.15) is 9.78 Å². The molecule has 0 fully saturated rings. The maximum Gasteiger partial charge on any atom is 0.288 e. The zero-order valence-electron chi connectivity index (χ0n) is 13.0. The normalized spacial score (nSPS) is 15.2. The number of nitrogens with zero attached hydrogens (tertiary/aromatic N) is 5. The third-order valence-corrected chi connectivity index (χ3v) is 5.56. The highest BCUT2D eigenvalue weighted by Gasteiger charge is 2.34. The first-order chi connectivity index (χ1) is 12.7. The molecule has 0 amide bonds. The Bertz CT molecular complexity index is 1170. The Morgan fingerprint density at radius 3 is 2.96 bits per heavy atom. The van der Waals surface area contributed by atoms with Gasteiger partial charge in [0.2, 0.25) is 5.95 Å². The average Bonchev–Trinajstić information content (AvgIpc) is 3.32. The van der Waals surface area contributed by atoms with E-state index in [9.17, 15) is 4.79 Å². The van der Waals surface area contributed by atoms with Gasteiger partial charge in [0.25, 0.3) is 5.56 Å². The third kappa shape index (κ3) is 2.30. The predicted octanol–water partition coefficient (Wildman–Crippen LogP) is 2.94. The number of tetrazole rings is 1. The molecule has 26 heavy (non-hydrogen) atoms. The first kappa shape index (κ1) is 15.4. The number of halogens is 1. The molecule has 3 aromatic heterocycles. The largest absolute Gasteiger partial charge is 0.318 e. The van der Waals surface area contributed by atoms with Crippen molar-refractivity contribution in [3.8, 4) is 10.6 Å². The summed E-state index contributed by atoms with van der Waals surface area (Å²) in [6.45, 7) is 0. The molecular weight excluding hydrogens is 418 g/mol. The van der Waals surface area contributed by atoms with Crippen molar-refractivity contribution < 1.29 is 0 Å². The maximum atomic E-state index is 12.5. The van der Waals surface area contributed by atoms with Gasteiger partial charge in [0.15, 0.2) is 0 Å². The molecule has 2 N–H and O–H groups in total. The third-order valence-electron chi connectivity index (χ3n) is 4.19. The summed E-state index contributed by atoms with van der Waals surface area (Å²) in [4.78, 5) is 13.5. The van der Waals surface area contributed by atoms with Crippen LogP contribution in [0.5, 0.6) is 0 Å². The second-order valence-corrected chi connectivity index (χ2v) is 7.56. The summed E-state index contributed by atoms with van der Waals surface area (Å²) < 4.78 is 2.60. The number of rotatable bonds is 2. The first-order valence-corrected chi connectivity index (χ1v) is 9.36. The fourth-order valence-electron chi connectivity index (χ4n) is 3.12. The van der Waals surface area contributed by atoms with Gasteiger partial charge in [0.05, 0.1) is 4.88 Å². The number of H-pyrrole nitrogens is 1. The minimum Gasteiger partial charge on any atom is -0.318 e. The highest BCUT2D eigenvalue weighted by Crippen LogP contribution is 2.42. The molecule has 1 aliphatic rings. The van der Waals surface area contributed by atoms with Crippen LogP contribution >= 0.6 is 27.3 Å². The van der Waals surface area contributed by atoms with Crippen LogP contribution in [-0.2, 0) is 0 Å². The lowest BCUT2D eigenvalue weighted by Gasteiger charge is -2.27. The van der Waals surface area contributed by atoms with Crippen molar-refractivity contribution in [2.75, 3.05) is 5.32 Å². The Morgan fingerprint density at radius 1 is 1.23 bits per heavy atom. The Balaban J connectivity index is 1.85. The lowest BCUT2D eigenvalue weighted by molar-refractivity contribution is 0.567. The van der Waals surface area contributed by atoms with Gasteiger partial charge in [-0.3, -0.25) is 4.79 Å². The van der Waals surface area contributed by atoms with E-state index in [0.717, 1.165) is 20.5 Å². The number of hydrogen-bond acceptors (Lipinski definition) is 7. The summed E-state index contributed by atoms with van der Waals surface area (Å²) in [6, 6.07) is 11.4. The van der Waals surface area contributed by atoms with Crippen LogP contribution in [0.3, 0.4) is 0 Å². The van der Waals surface area contributed by atoms with Crippen molar-refractivity contribution in [1.82, 2.24) is 30.4 Å². The highest BCUT2D eigenvalue weighted by molar-refractivity contribution is 9.10. The predicted molar refractivity (Wildman–Crippen MR) is 101 cm³/mol. The summed E-state index contributed by atoms with van der Waals surface area (Å²) in [6.07, 6.45) is 0. The molecule has 4 heterocycles. The van der Waals surface area contributed by atoms with Crippen molar-refractivity contribution in [2.24, 2.45) is 0 Å². The second kappa shape index (κ2) is 5.85. The average molecular weight is 428 g/mol. The Hall–Kier alpha value is -2.85. The van der Waals surface area contributed by atoms with Crippen LogP contribution in [0, 0.1) is 0 Å². The smallest absolute Gasteiger partial charge is 0.288 e. The molecule has 1 aliphatic heterocycles. The van der Waals surface area contributed by atoms with E-state index in [1.807, 2.05) is 41.8 Å². The van der Waals surface area contributed by atoms with Crippen LogP contribution < -0.4 is 10.9 Å². The Morgan fingerprint density at radius 2 is 2.15 bits per heavy atom. The van der Waals surface area contributed by atoms with Gasteiger partial charge in [-0.15, -0.1) is 11.3 Å². The fourth-order valence-corrected chi connectivity index (χ4v) is 4.27. The van der Waals surface area contributed by atoms with Gasteiger partial charge in [0, 0.05) is 10.0 Å². The minimum atomic E-state index is -0.374. The minimum absolute atomic E-state index is 0.311. The number of benzene rings is 1. The molecule has 0 saturated carbocycles. The van der Waals surface area contributed by atoms with Gasteiger partial charge >= 0.3 is 0 Å². The van der Waals surface area contributed by atoms with Crippen LogP contribution in [0.1, 0.15) is 17.2 Å². The molecule has 0 radical (unpaired) electrons. The van der Waals surface area contributed by atoms with Crippen LogP contribution in [0.2, 0.25) is 0 Å². The van der Waals surface area contributed by atoms with Crippen molar-refractivity contribution in [1.29, 1.82) is 0 Å². The molecule has 8 nitrogen and oxygen atoms in total. The van der Waals surface area contributed by atoms with E-state index in [1.54, 1.807) is 16.0 Å². The first-order valence-electron chi connectivity index (χ1n) is 7.69. The highest BCUT2D eigenvalue weighted by atomic mass is 79.9.